The van der Waals surface area contributed by atoms with Crippen LogP contribution in [0.2, 0.25) is 0 Å². The van der Waals surface area contributed by atoms with Crippen molar-refractivity contribution in [3.05, 3.63) is 33.9 Å². The third-order valence-electron chi connectivity index (χ3n) is 2.42. The van der Waals surface area contributed by atoms with Gasteiger partial charge in [-0.25, -0.2) is 0 Å². The van der Waals surface area contributed by atoms with Crippen molar-refractivity contribution in [2.24, 2.45) is 0 Å². The van der Waals surface area contributed by atoms with Gasteiger partial charge < -0.3 is 5.11 Å². The molecule has 0 spiro atoms. The smallest absolute Gasteiger partial charge is 0.283 e. The summed E-state index contributed by atoms with van der Waals surface area (Å²) < 4.78 is 0. The van der Waals surface area contributed by atoms with Gasteiger partial charge in [0.15, 0.2) is 0 Å². The fraction of sp³-hybridized carbons (Fsp3) is 0.500. The van der Waals surface area contributed by atoms with E-state index in [1.807, 2.05) is 0 Å². The normalized spacial score (nSPS) is 12.4. The van der Waals surface area contributed by atoms with E-state index in [1.54, 1.807) is 19.1 Å². The molecule has 0 fully saturated rings. The van der Waals surface area contributed by atoms with Gasteiger partial charge in [-0.3, -0.25) is 10.1 Å². The van der Waals surface area contributed by atoms with E-state index in [0.29, 0.717) is 10.5 Å². The summed E-state index contributed by atoms with van der Waals surface area (Å²) in [5, 5.41) is 20.3. The molecule has 5 heteroatoms. The Balaban J connectivity index is 2.92. The van der Waals surface area contributed by atoms with Gasteiger partial charge in [-0.1, -0.05) is 19.4 Å². The molecule has 17 heavy (non-hydrogen) atoms. The van der Waals surface area contributed by atoms with Gasteiger partial charge in [0.2, 0.25) is 0 Å². The number of benzene rings is 1. The summed E-state index contributed by atoms with van der Waals surface area (Å²) in [5.41, 5.74) is 0.668. The average molecular weight is 255 g/mol. The summed E-state index contributed by atoms with van der Waals surface area (Å²) in [4.78, 5) is 11.2. The van der Waals surface area contributed by atoms with E-state index in [9.17, 15) is 15.2 Å². The highest BCUT2D eigenvalue weighted by atomic mass is 32.2. The first-order chi connectivity index (χ1) is 8.06. The minimum atomic E-state index is -0.677. The predicted octanol–water partition coefficient (Wildman–Crippen LogP) is 3.54. The number of thioether (sulfide) groups is 1. The molecule has 0 bridgehead atoms. The Morgan fingerprint density at radius 2 is 2.24 bits per heavy atom. The molecule has 0 aliphatic carbocycles. The van der Waals surface area contributed by atoms with E-state index in [-0.39, 0.29) is 10.6 Å². The number of unbranched alkanes of at least 4 members (excludes halogenated alkanes) is 1. The van der Waals surface area contributed by atoms with E-state index in [0.717, 1.165) is 18.6 Å². The van der Waals surface area contributed by atoms with Crippen molar-refractivity contribution in [2.45, 2.75) is 37.7 Å². The summed E-state index contributed by atoms with van der Waals surface area (Å²) in [7, 11) is 0. The molecule has 1 atom stereocenters. The van der Waals surface area contributed by atoms with E-state index in [2.05, 4.69) is 6.92 Å². The van der Waals surface area contributed by atoms with E-state index < -0.39 is 6.10 Å². The SMILES string of the molecule is CCCCSc1ccc([C@@H](C)O)cc1[N+](=O)[O-]. The summed E-state index contributed by atoms with van der Waals surface area (Å²) >= 11 is 1.50. The van der Waals surface area contributed by atoms with Crippen LogP contribution in [0.25, 0.3) is 0 Å². The molecular weight excluding hydrogens is 238 g/mol. The molecule has 0 radical (unpaired) electrons. The Morgan fingerprint density at radius 3 is 2.76 bits per heavy atom. The number of hydrogen-bond acceptors (Lipinski definition) is 4. The lowest BCUT2D eigenvalue weighted by atomic mass is 10.1. The molecule has 0 unspecified atom stereocenters. The molecule has 0 saturated heterocycles. The third-order valence-corrected chi connectivity index (χ3v) is 3.57. The summed E-state index contributed by atoms with van der Waals surface area (Å²) in [5.74, 6) is 0.880. The first-order valence-electron chi connectivity index (χ1n) is 5.65. The van der Waals surface area contributed by atoms with Crippen LogP contribution in [0.3, 0.4) is 0 Å². The zero-order valence-electron chi connectivity index (χ0n) is 10.0. The van der Waals surface area contributed by atoms with Crippen LogP contribution in [-0.4, -0.2) is 15.8 Å². The maximum atomic E-state index is 10.9. The molecule has 0 aromatic heterocycles. The maximum Gasteiger partial charge on any atom is 0.283 e. The minimum Gasteiger partial charge on any atom is -0.389 e. The number of nitrogens with zero attached hydrogens (tertiary/aromatic N) is 1. The van der Waals surface area contributed by atoms with Crippen molar-refractivity contribution >= 4 is 17.4 Å². The van der Waals surface area contributed by atoms with Crippen LogP contribution in [0, 0.1) is 10.1 Å². The number of aliphatic hydroxyl groups is 1. The molecule has 1 aromatic carbocycles. The number of nitro benzene ring substituents is 1. The molecule has 0 saturated carbocycles. The lowest BCUT2D eigenvalue weighted by Gasteiger charge is -2.07. The lowest BCUT2D eigenvalue weighted by molar-refractivity contribution is -0.387. The standard InChI is InChI=1S/C12H17NO3S/c1-3-4-7-17-12-6-5-10(9(2)14)8-11(12)13(15)16/h5-6,8-9,14H,3-4,7H2,1-2H3/t9-/m1/s1. The van der Waals surface area contributed by atoms with Crippen LogP contribution in [-0.2, 0) is 0 Å². The van der Waals surface area contributed by atoms with Gasteiger partial charge in [0.1, 0.15) is 0 Å². The van der Waals surface area contributed by atoms with Gasteiger partial charge in [-0.05, 0) is 30.7 Å². The van der Waals surface area contributed by atoms with Crippen LogP contribution >= 0.6 is 11.8 Å². The van der Waals surface area contributed by atoms with Crippen LogP contribution in [0.15, 0.2) is 23.1 Å². The van der Waals surface area contributed by atoms with E-state index in [1.165, 1.54) is 17.8 Å². The van der Waals surface area contributed by atoms with Gasteiger partial charge in [-0.15, -0.1) is 11.8 Å². The Kier molecular flexibility index (Phi) is 5.44. The first kappa shape index (κ1) is 14.0. The van der Waals surface area contributed by atoms with Crippen LogP contribution in [0.1, 0.15) is 38.4 Å². The monoisotopic (exact) mass is 255 g/mol. The number of nitro groups is 1. The zero-order chi connectivity index (χ0) is 12.8. The number of hydrogen-bond donors (Lipinski definition) is 1. The molecular formula is C12H17NO3S. The Bertz CT molecular complexity index is 393. The maximum absolute atomic E-state index is 10.9. The number of rotatable bonds is 6. The second-order valence-corrected chi connectivity index (χ2v) is 5.00. The molecule has 0 heterocycles. The molecule has 94 valence electrons. The Labute approximate surface area is 105 Å². The fourth-order valence-corrected chi connectivity index (χ4v) is 2.48. The largest absolute Gasteiger partial charge is 0.389 e. The van der Waals surface area contributed by atoms with Gasteiger partial charge in [-0.2, -0.15) is 0 Å². The highest BCUT2D eigenvalue weighted by molar-refractivity contribution is 7.99. The number of aliphatic hydroxyl groups excluding tert-OH is 1. The van der Waals surface area contributed by atoms with Crippen molar-refractivity contribution in [1.82, 2.24) is 0 Å². The van der Waals surface area contributed by atoms with Crippen molar-refractivity contribution in [3.8, 4) is 0 Å². The topological polar surface area (TPSA) is 63.4 Å². The molecule has 1 N–H and O–H groups in total. The van der Waals surface area contributed by atoms with Gasteiger partial charge in [0.05, 0.1) is 15.9 Å². The summed E-state index contributed by atoms with van der Waals surface area (Å²) in [6, 6.07) is 4.92. The highest BCUT2D eigenvalue weighted by Crippen LogP contribution is 2.32. The second-order valence-electron chi connectivity index (χ2n) is 3.86. The van der Waals surface area contributed by atoms with Crippen LogP contribution in [0.5, 0.6) is 0 Å². The Morgan fingerprint density at radius 1 is 1.53 bits per heavy atom. The lowest BCUT2D eigenvalue weighted by Crippen LogP contribution is -1.96. The van der Waals surface area contributed by atoms with Crippen molar-refractivity contribution in [2.75, 3.05) is 5.75 Å². The Hall–Kier alpha value is -1.07. The van der Waals surface area contributed by atoms with Gasteiger partial charge in [0.25, 0.3) is 5.69 Å². The van der Waals surface area contributed by atoms with Crippen LogP contribution < -0.4 is 0 Å². The molecule has 1 aromatic rings. The van der Waals surface area contributed by atoms with E-state index in [4.69, 9.17) is 0 Å². The van der Waals surface area contributed by atoms with Crippen molar-refractivity contribution in [1.29, 1.82) is 0 Å². The summed E-state index contributed by atoms with van der Waals surface area (Å²) in [6.45, 7) is 3.69. The highest BCUT2D eigenvalue weighted by Gasteiger charge is 2.16. The second kappa shape index (κ2) is 6.61. The fourth-order valence-electron chi connectivity index (χ4n) is 1.39. The third kappa shape index (κ3) is 4.02. The van der Waals surface area contributed by atoms with Crippen molar-refractivity contribution in [3.63, 3.8) is 0 Å². The summed E-state index contributed by atoms with van der Waals surface area (Å²) in [6.07, 6.45) is 1.44. The van der Waals surface area contributed by atoms with E-state index >= 15 is 0 Å². The zero-order valence-corrected chi connectivity index (χ0v) is 10.9. The van der Waals surface area contributed by atoms with Gasteiger partial charge >= 0.3 is 0 Å². The molecule has 4 nitrogen and oxygen atoms in total. The predicted molar refractivity (Wildman–Crippen MR) is 69.4 cm³/mol. The molecule has 0 aliphatic heterocycles. The van der Waals surface area contributed by atoms with Gasteiger partial charge in [0, 0.05) is 6.07 Å². The molecule has 1 rings (SSSR count). The quantitative estimate of drug-likeness (QED) is 0.365. The van der Waals surface area contributed by atoms with Crippen LogP contribution in [0.4, 0.5) is 5.69 Å². The molecule has 0 amide bonds. The minimum absolute atomic E-state index is 0.0875. The first-order valence-corrected chi connectivity index (χ1v) is 6.64. The average Bonchev–Trinajstić information content (AvgIpc) is 2.29. The molecule has 0 aliphatic rings. The van der Waals surface area contributed by atoms with Crippen molar-refractivity contribution < 1.29 is 10.0 Å².